The number of hydrogen-bond donors (Lipinski definition) is 0. The van der Waals surface area contributed by atoms with Gasteiger partial charge in [-0.2, -0.15) is 9.37 Å². The number of ether oxygens (including phenoxy) is 1. The molecule has 1 fully saturated rings. The van der Waals surface area contributed by atoms with Gasteiger partial charge in [0.2, 0.25) is 11.8 Å². The van der Waals surface area contributed by atoms with Gasteiger partial charge in [0.15, 0.2) is 0 Å². The number of nitrogens with zero attached hydrogens (tertiary/aromatic N) is 3. The molecule has 20 heavy (non-hydrogen) atoms. The average Bonchev–Trinajstić information content (AvgIpc) is 2.88. The van der Waals surface area contributed by atoms with Crippen molar-refractivity contribution in [2.45, 2.75) is 26.4 Å². The fourth-order valence-corrected chi connectivity index (χ4v) is 2.32. The molecule has 0 aromatic carbocycles. The Morgan fingerprint density at radius 1 is 1.50 bits per heavy atom. The first-order chi connectivity index (χ1) is 9.63. The van der Waals surface area contributed by atoms with Crippen LogP contribution < -0.4 is 4.74 Å². The molecular formula is C14H20FN3O2. The van der Waals surface area contributed by atoms with E-state index in [9.17, 15) is 9.18 Å². The Labute approximate surface area is 118 Å². The van der Waals surface area contributed by atoms with E-state index in [0.29, 0.717) is 26.2 Å². The molecule has 1 saturated heterocycles. The Morgan fingerprint density at radius 2 is 2.25 bits per heavy atom. The fourth-order valence-electron chi connectivity index (χ4n) is 2.32. The molecule has 0 radical (unpaired) electrons. The van der Waals surface area contributed by atoms with Crippen molar-refractivity contribution in [1.29, 1.82) is 0 Å². The third-order valence-electron chi connectivity index (χ3n) is 3.43. The highest BCUT2D eigenvalue weighted by Crippen LogP contribution is 2.18. The van der Waals surface area contributed by atoms with Gasteiger partial charge in [0.1, 0.15) is 6.10 Å². The average molecular weight is 281 g/mol. The zero-order valence-electron chi connectivity index (χ0n) is 11.9. The molecule has 1 aromatic heterocycles. The van der Waals surface area contributed by atoms with Crippen molar-refractivity contribution in [3.8, 4) is 5.88 Å². The first-order valence-electron chi connectivity index (χ1n) is 6.97. The Balaban J connectivity index is 1.91. The SMILES string of the molecule is CCN(CC)C(=O)N1CCC(Oc2cccc(F)n2)C1. The lowest BCUT2D eigenvalue weighted by Gasteiger charge is -2.25. The predicted molar refractivity (Wildman–Crippen MR) is 73.1 cm³/mol. The lowest BCUT2D eigenvalue weighted by molar-refractivity contribution is 0.154. The van der Waals surface area contributed by atoms with Crippen LogP contribution in [0.1, 0.15) is 20.3 Å². The van der Waals surface area contributed by atoms with Gasteiger partial charge in [-0.15, -0.1) is 0 Å². The van der Waals surface area contributed by atoms with Gasteiger partial charge < -0.3 is 14.5 Å². The van der Waals surface area contributed by atoms with Crippen LogP contribution in [0.2, 0.25) is 0 Å². The zero-order chi connectivity index (χ0) is 14.5. The van der Waals surface area contributed by atoms with Crippen LogP contribution in [0.25, 0.3) is 0 Å². The molecule has 1 atom stereocenters. The van der Waals surface area contributed by atoms with E-state index in [1.165, 1.54) is 6.07 Å². The number of rotatable bonds is 4. The van der Waals surface area contributed by atoms with Crippen molar-refractivity contribution < 1.29 is 13.9 Å². The minimum atomic E-state index is -0.559. The van der Waals surface area contributed by atoms with E-state index in [0.717, 1.165) is 6.42 Å². The van der Waals surface area contributed by atoms with Crippen LogP contribution in [0, 0.1) is 5.95 Å². The van der Waals surface area contributed by atoms with Gasteiger partial charge in [0.25, 0.3) is 0 Å². The Morgan fingerprint density at radius 3 is 2.90 bits per heavy atom. The molecule has 110 valence electrons. The second-order valence-corrected chi connectivity index (χ2v) is 4.73. The number of aromatic nitrogens is 1. The molecule has 5 nitrogen and oxygen atoms in total. The van der Waals surface area contributed by atoms with Gasteiger partial charge in [-0.1, -0.05) is 6.07 Å². The first kappa shape index (κ1) is 14.6. The third-order valence-corrected chi connectivity index (χ3v) is 3.43. The summed E-state index contributed by atoms with van der Waals surface area (Å²) in [5.74, 6) is -0.288. The van der Waals surface area contributed by atoms with E-state index in [2.05, 4.69) is 4.98 Å². The van der Waals surface area contributed by atoms with Crippen LogP contribution in [-0.4, -0.2) is 53.1 Å². The van der Waals surface area contributed by atoms with Gasteiger partial charge in [0.05, 0.1) is 6.54 Å². The Hall–Kier alpha value is -1.85. The van der Waals surface area contributed by atoms with Gasteiger partial charge >= 0.3 is 6.03 Å². The number of halogens is 1. The van der Waals surface area contributed by atoms with Crippen LogP contribution in [0.3, 0.4) is 0 Å². The molecule has 2 heterocycles. The fraction of sp³-hybridized carbons (Fsp3) is 0.571. The molecule has 1 aliphatic rings. The summed E-state index contributed by atoms with van der Waals surface area (Å²) in [5.41, 5.74) is 0. The maximum absolute atomic E-state index is 13.0. The van der Waals surface area contributed by atoms with E-state index < -0.39 is 5.95 Å². The van der Waals surface area contributed by atoms with Crippen molar-refractivity contribution in [3.05, 3.63) is 24.1 Å². The maximum atomic E-state index is 13.0. The zero-order valence-corrected chi connectivity index (χ0v) is 11.9. The molecule has 2 rings (SSSR count). The molecule has 1 aromatic rings. The molecule has 2 amide bonds. The molecule has 0 spiro atoms. The number of likely N-dealkylation sites (tertiary alicyclic amines) is 1. The highest BCUT2D eigenvalue weighted by molar-refractivity contribution is 5.74. The lowest BCUT2D eigenvalue weighted by atomic mass is 10.3. The van der Waals surface area contributed by atoms with Crippen LogP contribution in [0.15, 0.2) is 18.2 Å². The van der Waals surface area contributed by atoms with Crippen LogP contribution in [0.5, 0.6) is 5.88 Å². The summed E-state index contributed by atoms with van der Waals surface area (Å²) < 4.78 is 18.6. The van der Waals surface area contributed by atoms with Crippen LogP contribution >= 0.6 is 0 Å². The van der Waals surface area contributed by atoms with E-state index in [1.807, 2.05) is 13.8 Å². The normalized spacial score (nSPS) is 18.1. The molecule has 0 N–H and O–H groups in total. The summed E-state index contributed by atoms with van der Waals surface area (Å²) in [6.45, 7) is 6.50. The molecule has 0 aliphatic carbocycles. The minimum Gasteiger partial charge on any atom is -0.472 e. The van der Waals surface area contributed by atoms with Crippen molar-refractivity contribution in [3.63, 3.8) is 0 Å². The lowest BCUT2D eigenvalue weighted by Crippen LogP contribution is -2.42. The van der Waals surface area contributed by atoms with Crippen molar-refractivity contribution in [1.82, 2.24) is 14.8 Å². The highest BCUT2D eigenvalue weighted by Gasteiger charge is 2.29. The second kappa shape index (κ2) is 6.54. The quantitative estimate of drug-likeness (QED) is 0.794. The molecular weight excluding hydrogens is 261 g/mol. The van der Waals surface area contributed by atoms with Gasteiger partial charge in [-0.3, -0.25) is 0 Å². The van der Waals surface area contributed by atoms with Crippen LogP contribution in [0.4, 0.5) is 9.18 Å². The predicted octanol–water partition coefficient (Wildman–Crippen LogP) is 2.14. The van der Waals surface area contributed by atoms with E-state index in [4.69, 9.17) is 4.74 Å². The van der Waals surface area contributed by atoms with Crippen molar-refractivity contribution >= 4 is 6.03 Å². The molecule has 6 heteroatoms. The number of amides is 2. The third kappa shape index (κ3) is 3.37. The monoisotopic (exact) mass is 281 g/mol. The number of pyridine rings is 1. The highest BCUT2D eigenvalue weighted by atomic mass is 19.1. The number of urea groups is 1. The first-order valence-corrected chi connectivity index (χ1v) is 6.97. The standard InChI is InChI=1S/C14H20FN3O2/c1-3-17(4-2)14(19)18-9-8-11(10-18)20-13-7-5-6-12(15)16-13/h5-7,11H,3-4,8-10H2,1-2H3. The topological polar surface area (TPSA) is 45.7 Å². The van der Waals surface area contributed by atoms with Gasteiger partial charge in [0, 0.05) is 32.1 Å². The van der Waals surface area contributed by atoms with E-state index >= 15 is 0 Å². The summed E-state index contributed by atoms with van der Waals surface area (Å²) in [7, 11) is 0. The summed E-state index contributed by atoms with van der Waals surface area (Å²) in [6.07, 6.45) is 0.620. The molecule has 1 unspecified atom stereocenters. The number of carbonyl (C=O) groups excluding carboxylic acids is 1. The van der Waals surface area contributed by atoms with Gasteiger partial charge in [-0.25, -0.2) is 4.79 Å². The Bertz CT molecular complexity index is 465. The Kier molecular flexibility index (Phi) is 4.76. The molecule has 0 bridgehead atoms. The largest absolute Gasteiger partial charge is 0.472 e. The summed E-state index contributed by atoms with van der Waals surface area (Å²) in [6, 6.07) is 4.49. The van der Waals surface area contributed by atoms with Gasteiger partial charge in [-0.05, 0) is 19.9 Å². The number of carbonyl (C=O) groups is 1. The summed E-state index contributed by atoms with van der Waals surface area (Å²) in [4.78, 5) is 19.4. The smallest absolute Gasteiger partial charge is 0.320 e. The molecule has 1 aliphatic heterocycles. The van der Waals surface area contributed by atoms with Crippen LogP contribution in [-0.2, 0) is 0 Å². The summed E-state index contributed by atoms with van der Waals surface area (Å²) in [5, 5.41) is 0. The van der Waals surface area contributed by atoms with E-state index in [1.54, 1.807) is 21.9 Å². The maximum Gasteiger partial charge on any atom is 0.320 e. The summed E-state index contributed by atoms with van der Waals surface area (Å²) >= 11 is 0. The van der Waals surface area contributed by atoms with Crippen molar-refractivity contribution in [2.24, 2.45) is 0 Å². The second-order valence-electron chi connectivity index (χ2n) is 4.73. The van der Waals surface area contributed by atoms with E-state index in [-0.39, 0.29) is 18.0 Å². The number of hydrogen-bond acceptors (Lipinski definition) is 3. The minimum absolute atomic E-state index is 0.0355. The van der Waals surface area contributed by atoms with Crippen molar-refractivity contribution in [2.75, 3.05) is 26.2 Å². The molecule has 0 saturated carbocycles.